The molecular weight excluding hydrogens is 383 g/mol. The van der Waals surface area contributed by atoms with Crippen LogP contribution in [0, 0.1) is 6.92 Å². The molecule has 116 valence electrons. The number of aryl methyl sites for hydroxylation is 1. The van der Waals surface area contributed by atoms with Gasteiger partial charge in [-0.15, -0.1) is 0 Å². The molecule has 0 amide bonds. The van der Waals surface area contributed by atoms with Crippen LogP contribution < -0.4 is 4.44 Å². The van der Waals surface area contributed by atoms with Gasteiger partial charge in [0.1, 0.15) is 10.4 Å². The summed E-state index contributed by atoms with van der Waals surface area (Å²) in [6, 6.07) is 1.60. The lowest BCUT2D eigenvalue weighted by atomic mass is 10.1. The molecule has 8 heteroatoms. The number of hydrogen-bond donors (Lipinski definition) is 0. The zero-order valence-electron chi connectivity index (χ0n) is 11.5. The molecule has 21 heavy (non-hydrogen) atoms. The number of halogens is 4. The van der Waals surface area contributed by atoms with Crippen molar-refractivity contribution in [3.8, 4) is 0 Å². The summed E-state index contributed by atoms with van der Waals surface area (Å²) in [5.74, 6) is 0.697. The van der Waals surface area contributed by atoms with Crippen molar-refractivity contribution in [1.82, 2.24) is 4.98 Å². The minimum Gasteiger partial charge on any atom is -0.319 e. The molecule has 0 radical (unpaired) electrons. The molecule has 2 aliphatic carbocycles. The van der Waals surface area contributed by atoms with Crippen molar-refractivity contribution in [2.45, 2.75) is 50.1 Å². The molecular formula is C13H16BrF3N2P2. The van der Waals surface area contributed by atoms with Crippen LogP contribution in [0.15, 0.2) is 10.7 Å². The molecule has 2 unspecified atom stereocenters. The van der Waals surface area contributed by atoms with Gasteiger partial charge in [-0.25, -0.2) is 4.98 Å². The third-order valence-electron chi connectivity index (χ3n) is 3.45. The first-order chi connectivity index (χ1) is 9.84. The van der Waals surface area contributed by atoms with E-state index in [1.807, 2.05) is 0 Å². The first kappa shape index (κ1) is 16.0. The Morgan fingerprint density at radius 1 is 1.19 bits per heavy atom. The van der Waals surface area contributed by atoms with Crippen molar-refractivity contribution in [2.24, 2.45) is 0 Å². The van der Waals surface area contributed by atoms with E-state index in [-0.39, 0.29) is 10.2 Å². The second-order valence-electron chi connectivity index (χ2n) is 5.60. The predicted molar refractivity (Wildman–Crippen MR) is 86.8 cm³/mol. The fraction of sp³-hybridized carbons (Fsp3) is 0.615. The molecule has 0 N–H and O–H groups in total. The monoisotopic (exact) mass is 398 g/mol. The first-order valence-corrected chi connectivity index (χ1v) is 9.75. The Balaban J connectivity index is 1.88. The predicted octanol–water partition coefficient (Wildman–Crippen LogP) is 5.49. The standard InChI is InChI=1S/C13H16BrF3N2P2/c1-7-6-10(18-12(14)11(7)13(15,16)17)19(20-8-2-3-8)21-9-4-5-9/h6,8-9,20-21H,2-5H2,1H3. The number of anilines is 1. The van der Waals surface area contributed by atoms with Crippen molar-refractivity contribution < 1.29 is 13.2 Å². The van der Waals surface area contributed by atoms with Gasteiger partial charge in [-0.1, -0.05) is 0 Å². The summed E-state index contributed by atoms with van der Waals surface area (Å²) in [6.07, 6.45) is 0.600. The first-order valence-electron chi connectivity index (χ1n) is 6.91. The van der Waals surface area contributed by atoms with E-state index in [1.165, 1.54) is 32.6 Å². The maximum Gasteiger partial charge on any atom is 0.419 e. The Bertz CT molecular complexity index is 508. The maximum absolute atomic E-state index is 13.0. The van der Waals surface area contributed by atoms with Crippen LogP contribution in [0.1, 0.15) is 36.8 Å². The highest BCUT2D eigenvalue weighted by Gasteiger charge is 2.37. The fourth-order valence-electron chi connectivity index (χ4n) is 2.03. The third kappa shape index (κ3) is 4.09. The van der Waals surface area contributed by atoms with Crippen LogP contribution in [0.4, 0.5) is 19.0 Å². The Labute approximate surface area is 134 Å². The molecule has 3 rings (SSSR count). The molecule has 0 bridgehead atoms. The van der Waals surface area contributed by atoms with Crippen molar-refractivity contribution in [1.29, 1.82) is 0 Å². The van der Waals surface area contributed by atoms with Gasteiger partial charge in [-0.3, -0.25) is 0 Å². The lowest BCUT2D eigenvalue weighted by molar-refractivity contribution is -0.138. The fourth-order valence-corrected chi connectivity index (χ4v) is 6.22. The molecule has 2 atom stereocenters. The topological polar surface area (TPSA) is 16.1 Å². The van der Waals surface area contributed by atoms with Gasteiger partial charge in [0.05, 0.1) is 5.56 Å². The number of aromatic nitrogens is 1. The van der Waals surface area contributed by atoms with Gasteiger partial charge in [-0.05, 0) is 88.9 Å². The van der Waals surface area contributed by atoms with Gasteiger partial charge in [0, 0.05) is 0 Å². The molecule has 1 heterocycles. The highest BCUT2D eigenvalue weighted by atomic mass is 79.9. The molecule has 0 spiro atoms. The molecule has 2 nitrogen and oxygen atoms in total. The van der Waals surface area contributed by atoms with Gasteiger partial charge in [0.25, 0.3) is 0 Å². The highest BCUT2D eigenvalue weighted by molar-refractivity contribution is 9.10. The van der Waals surface area contributed by atoms with Crippen LogP contribution in [0.3, 0.4) is 0 Å². The van der Waals surface area contributed by atoms with E-state index in [0.29, 0.717) is 23.3 Å². The molecule has 2 fully saturated rings. The van der Waals surface area contributed by atoms with Crippen LogP contribution in [0.5, 0.6) is 0 Å². The molecule has 1 aromatic rings. The second kappa shape index (κ2) is 5.94. The number of nitrogens with zero attached hydrogens (tertiary/aromatic N) is 2. The van der Waals surface area contributed by atoms with E-state index in [1.54, 1.807) is 6.07 Å². The largest absolute Gasteiger partial charge is 0.419 e. The lowest BCUT2D eigenvalue weighted by Crippen LogP contribution is -2.12. The third-order valence-corrected chi connectivity index (χ3v) is 7.66. The molecule has 2 saturated carbocycles. The minimum absolute atomic E-state index is 0.0869. The maximum atomic E-state index is 13.0. The lowest BCUT2D eigenvalue weighted by Gasteiger charge is -2.25. The van der Waals surface area contributed by atoms with Crippen LogP contribution in [-0.2, 0) is 6.18 Å². The van der Waals surface area contributed by atoms with Gasteiger partial charge in [0.15, 0.2) is 0 Å². The van der Waals surface area contributed by atoms with Crippen LogP contribution in [-0.4, -0.2) is 16.3 Å². The molecule has 1 aromatic heterocycles. The van der Waals surface area contributed by atoms with Crippen LogP contribution in [0.25, 0.3) is 0 Å². The van der Waals surface area contributed by atoms with E-state index >= 15 is 0 Å². The number of rotatable bonds is 5. The summed E-state index contributed by atoms with van der Waals surface area (Å²) in [5.41, 5.74) is 1.03. The summed E-state index contributed by atoms with van der Waals surface area (Å²) in [4.78, 5) is 4.20. The minimum atomic E-state index is -4.36. The van der Waals surface area contributed by atoms with E-state index < -0.39 is 11.7 Å². The van der Waals surface area contributed by atoms with Gasteiger partial charge >= 0.3 is 6.18 Å². The Morgan fingerprint density at radius 3 is 2.10 bits per heavy atom. The van der Waals surface area contributed by atoms with E-state index in [0.717, 1.165) is 11.3 Å². The van der Waals surface area contributed by atoms with E-state index in [2.05, 4.69) is 25.4 Å². The molecule has 2 aliphatic rings. The van der Waals surface area contributed by atoms with Crippen molar-refractivity contribution in [3.63, 3.8) is 0 Å². The SMILES string of the molecule is Cc1cc(N(PC2CC2)PC2CC2)nc(Br)c1C(F)(F)F. The molecule has 0 saturated heterocycles. The van der Waals surface area contributed by atoms with Crippen LogP contribution in [0.2, 0.25) is 0 Å². The Morgan fingerprint density at radius 2 is 1.71 bits per heavy atom. The Kier molecular flexibility index (Phi) is 4.51. The quantitative estimate of drug-likeness (QED) is 0.481. The average molecular weight is 399 g/mol. The van der Waals surface area contributed by atoms with Gasteiger partial charge in [-0.2, -0.15) is 13.2 Å². The van der Waals surface area contributed by atoms with Gasteiger partial charge < -0.3 is 4.44 Å². The second-order valence-corrected chi connectivity index (χ2v) is 9.85. The van der Waals surface area contributed by atoms with Gasteiger partial charge in [0.2, 0.25) is 0 Å². The normalized spacial score (nSPS) is 20.0. The summed E-state index contributed by atoms with van der Waals surface area (Å²) in [7, 11) is 1.32. The zero-order valence-corrected chi connectivity index (χ0v) is 15.1. The van der Waals surface area contributed by atoms with Crippen molar-refractivity contribution in [2.75, 3.05) is 4.44 Å². The summed E-state index contributed by atoms with van der Waals surface area (Å²) < 4.78 is 41.1. The average Bonchev–Trinajstić information content (AvgIpc) is 3.19. The summed E-state index contributed by atoms with van der Waals surface area (Å²) in [5, 5.41) is 0. The van der Waals surface area contributed by atoms with Crippen LogP contribution >= 0.6 is 33.4 Å². The number of alkyl halides is 3. The number of hydrogen-bond acceptors (Lipinski definition) is 2. The molecule has 0 aromatic carbocycles. The van der Waals surface area contributed by atoms with E-state index in [9.17, 15) is 13.2 Å². The van der Waals surface area contributed by atoms with E-state index in [4.69, 9.17) is 0 Å². The van der Waals surface area contributed by atoms with Crippen molar-refractivity contribution >= 4 is 39.2 Å². The summed E-state index contributed by atoms with van der Waals surface area (Å²) >= 11 is 3.01. The highest BCUT2D eigenvalue weighted by Crippen LogP contribution is 2.54. The zero-order chi connectivity index (χ0) is 15.2. The van der Waals surface area contributed by atoms with Crippen molar-refractivity contribution in [3.05, 3.63) is 21.8 Å². The smallest absolute Gasteiger partial charge is 0.319 e. The Hall–Kier alpha value is 0.0800. The summed E-state index contributed by atoms with van der Waals surface area (Å²) in [6.45, 7) is 1.51. The number of pyridine rings is 1. The molecule has 0 aliphatic heterocycles.